The Morgan fingerprint density at radius 3 is 2.58 bits per heavy atom. The van der Waals surface area contributed by atoms with Gasteiger partial charge in [-0.2, -0.15) is 0 Å². The average Bonchev–Trinajstić information content (AvgIpc) is 2.57. The molecule has 8 heteroatoms. The number of carbonyl (C=O) groups excluding carboxylic acids is 2. The molecular weight excluding hydrogens is 377 g/mol. The number of hydrogen-bond acceptors (Lipinski definition) is 4. The molecule has 2 N–H and O–H groups in total. The van der Waals surface area contributed by atoms with Gasteiger partial charge in [-0.1, -0.05) is 36.2 Å². The fourth-order valence-corrected chi connectivity index (χ4v) is 3.18. The van der Waals surface area contributed by atoms with Crippen LogP contribution in [0.3, 0.4) is 0 Å². The number of amides is 2. The molecule has 1 aromatic carbocycles. The van der Waals surface area contributed by atoms with Crippen LogP contribution in [0.2, 0.25) is 10.0 Å². The molecule has 0 saturated heterocycles. The van der Waals surface area contributed by atoms with Crippen molar-refractivity contribution in [3.63, 3.8) is 0 Å². The Morgan fingerprint density at radius 2 is 1.96 bits per heavy atom. The molecule has 0 aliphatic carbocycles. The third-order valence-corrected chi connectivity index (χ3v) is 4.75. The van der Waals surface area contributed by atoms with Crippen molar-refractivity contribution < 1.29 is 14.3 Å². The first kappa shape index (κ1) is 20.6. The molecule has 1 aromatic rings. The normalized spacial score (nSPS) is 17.2. The number of carbonyl (C=O) groups is 2. The minimum atomic E-state index is -0.412. The van der Waals surface area contributed by atoms with Crippen molar-refractivity contribution in [3.05, 3.63) is 45.1 Å². The van der Waals surface area contributed by atoms with Crippen LogP contribution in [0.1, 0.15) is 25.8 Å². The number of halogens is 2. The van der Waals surface area contributed by atoms with Gasteiger partial charge in [-0.15, -0.1) is 0 Å². The van der Waals surface area contributed by atoms with Crippen LogP contribution in [0.4, 0.5) is 4.79 Å². The van der Waals surface area contributed by atoms with E-state index >= 15 is 0 Å². The van der Waals surface area contributed by atoms with Crippen LogP contribution < -0.4 is 10.6 Å². The van der Waals surface area contributed by atoms with Crippen LogP contribution in [-0.2, 0) is 16.1 Å². The highest BCUT2D eigenvalue weighted by Gasteiger charge is 2.31. The Kier molecular flexibility index (Phi) is 7.32. The summed E-state index contributed by atoms with van der Waals surface area (Å²) in [7, 11) is 1.90. The molecule has 142 valence electrons. The molecule has 0 fully saturated rings. The zero-order valence-electron chi connectivity index (χ0n) is 15.1. The zero-order chi connectivity index (χ0) is 19.3. The van der Waals surface area contributed by atoms with Crippen LogP contribution in [0.25, 0.3) is 0 Å². The van der Waals surface area contributed by atoms with E-state index in [-0.39, 0.29) is 18.7 Å². The second-order valence-electron chi connectivity index (χ2n) is 6.09. The maximum absolute atomic E-state index is 12.4. The number of likely N-dealkylation sites (N-methyl/N-ethyl adjacent to an activating group) is 1. The highest BCUT2D eigenvalue weighted by Crippen LogP contribution is 2.23. The lowest BCUT2D eigenvalue weighted by Gasteiger charge is -2.30. The van der Waals surface area contributed by atoms with E-state index in [2.05, 4.69) is 10.6 Å². The van der Waals surface area contributed by atoms with Gasteiger partial charge in [0.2, 0.25) is 0 Å². The lowest BCUT2D eigenvalue weighted by Crippen LogP contribution is -2.51. The van der Waals surface area contributed by atoms with E-state index in [0.29, 0.717) is 40.8 Å². The maximum Gasteiger partial charge on any atom is 0.337 e. The zero-order valence-corrected chi connectivity index (χ0v) is 16.6. The highest BCUT2D eigenvalue weighted by atomic mass is 35.5. The molecule has 1 atom stereocenters. The van der Waals surface area contributed by atoms with E-state index in [0.717, 1.165) is 5.56 Å². The number of nitrogens with zero attached hydrogens (tertiary/aromatic N) is 1. The summed E-state index contributed by atoms with van der Waals surface area (Å²) in [6, 6.07) is 4.76. The van der Waals surface area contributed by atoms with E-state index in [1.54, 1.807) is 19.1 Å². The van der Waals surface area contributed by atoms with Crippen molar-refractivity contribution in [2.75, 3.05) is 20.2 Å². The molecule has 0 aromatic heterocycles. The Balaban J connectivity index is 2.21. The van der Waals surface area contributed by atoms with Gasteiger partial charge in [-0.3, -0.25) is 4.90 Å². The molecule has 1 aliphatic heterocycles. The van der Waals surface area contributed by atoms with Crippen molar-refractivity contribution in [3.8, 4) is 0 Å². The summed E-state index contributed by atoms with van der Waals surface area (Å²) in [6.07, 6.45) is 0.599. The van der Waals surface area contributed by atoms with Gasteiger partial charge < -0.3 is 15.4 Å². The van der Waals surface area contributed by atoms with E-state index < -0.39 is 5.97 Å². The third kappa shape index (κ3) is 5.13. The fraction of sp³-hybridized carbons (Fsp3) is 0.444. The number of hydrogen-bond donors (Lipinski definition) is 2. The van der Waals surface area contributed by atoms with E-state index in [9.17, 15) is 9.59 Å². The van der Waals surface area contributed by atoms with Gasteiger partial charge in [-0.05, 0) is 38.1 Å². The van der Waals surface area contributed by atoms with Crippen LogP contribution in [-0.4, -0.2) is 43.1 Å². The Hall–Kier alpha value is -1.76. The van der Waals surface area contributed by atoms with Crippen LogP contribution in [0.5, 0.6) is 0 Å². The summed E-state index contributed by atoms with van der Waals surface area (Å²) in [5.41, 5.74) is 2.00. The molecule has 1 aliphatic rings. The maximum atomic E-state index is 12.4. The van der Waals surface area contributed by atoms with E-state index in [1.807, 2.05) is 24.9 Å². The summed E-state index contributed by atoms with van der Waals surface area (Å²) in [4.78, 5) is 26.3. The molecule has 0 bridgehead atoms. The van der Waals surface area contributed by atoms with Crippen molar-refractivity contribution >= 4 is 35.2 Å². The molecule has 0 saturated carbocycles. The predicted octanol–water partition coefficient (Wildman–Crippen LogP) is 3.33. The standard InChI is InChI=1S/C18H23Cl2N3O3/c1-4-14-16(17(24)26-5-2)15(22-18(25)21-14)10-23(3)9-11-6-7-12(19)13(20)8-11/h6-8,14H,4-5,9-10H2,1-3H3,(H2,21,22,25)/t14-/m0/s1. The van der Waals surface area contributed by atoms with Gasteiger partial charge in [-0.25, -0.2) is 9.59 Å². The molecule has 0 radical (unpaired) electrons. The first-order valence-corrected chi connectivity index (χ1v) is 9.21. The number of urea groups is 1. The monoisotopic (exact) mass is 399 g/mol. The largest absolute Gasteiger partial charge is 0.463 e. The summed E-state index contributed by atoms with van der Waals surface area (Å²) in [5.74, 6) is -0.412. The Morgan fingerprint density at radius 1 is 1.23 bits per heavy atom. The molecule has 2 amide bonds. The number of nitrogens with one attached hydrogen (secondary N) is 2. The highest BCUT2D eigenvalue weighted by molar-refractivity contribution is 6.42. The van der Waals surface area contributed by atoms with Crippen LogP contribution in [0.15, 0.2) is 29.5 Å². The van der Waals surface area contributed by atoms with Gasteiger partial charge in [0.25, 0.3) is 0 Å². The lowest BCUT2D eigenvalue weighted by atomic mass is 10.00. The number of esters is 1. The summed E-state index contributed by atoms with van der Waals surface area (Å²) in [6.45, 7) is 4.91. The van der Waals surface area contributed by atoms with Crippen LogP contribution in [0, 0.1) is 0 Å². The molecule has 26 heavy (non-hydrogen) atoms. The SMILES string of the molecule is CCOC(=O)C1=C(CN(C)Cc2ccc(Cl)c(Cl)c2)NC(=O)N[C@H]1CC. The first-order chi connectivity index (χ1) is 12.3. The summed E-state index contributed by atoms with van der Waals surface area (Å²) in [5, 5.41) is 6.50. The number of benzene rings is 1. The molecule has 2 rings (SSSR count). The quantitative estimate of drug-likeness (QED) is 0.689. The van der Waals surface area contributed by atoms with Gasteiger partial charge >= 0.3 is 12.0 Å². The van der Waals surface area contributed by atoms with Crippen molar-refractivity contribution in [2.24, 2.45) is 0 Å². The average molecular weight is 400 g/mol. The number of rotatable bonds is 7. The van der Waals surface area contributed by atoms with Crippen LogP contribution >= 0.6 is 23.2 Å². The van der Waals surface area contributed by atoms with E-state index in [1.165, 1.54) is 0 Å². The van der Waals surface area contributed by atoms with Gasteiger partial charge in [0, 0.05) is 18.8 Å². The van der Waals surface area contributed by atoms with Crippen molar-refractivity contribution in [1.82, 2.24) is 15.5 Å². The molecule has 0 spiro atoms. The summed E-state index contributed by atoms with van der Waals surface area (Å²) < 4.78 is 5.17. The smallest absolute Gasteiger partial charge is 0.337 e. The lowest BCUT2D eigenvalue weighted by molar-refractivity contribution is -0.139. The first-order valence-electron chi connectivity index (χ1n) is 8.45. The molecule has 6 nitrogen and oxygen atoms in total. The molecular formula is C18H23Cl2N3O3. The minimum Gasteiger partial charge on any atom is -0.463 e. The van der Waals surface area contributed by atoms with E-state index in [4.69, 9.17) is 27.9 Å². The second kappa shape index (κ2) is 9.26. The predicted molar refractivity (Wildman–Crippen MR) is 102 cm³/mol. The Labute approximate surface area is 163 Å². The second-order valence-corrected chi connectivity index (χ2v) is 6.91. The van der Waals surface area contributed by atoms with Crippen molar-refractivity contribution in [2.45, 2.75) is 32.9 Å². The van der Waals surface area contributed by atoms with Gasteiger partial charge in [0.15, 0.2) is 0 Å². The van der Waals surface area contributed by atoms with Crippen molar-refractivity contribution in [1.29, 1.82) is 0 Å². The minimum absolute atomic E-state index is 0.277. The van der Waals surface area contributed by atoms with Gasteiger partial charge in [0.1, 0.15) is 0 Å². The molecule has 0 unspecified atom stereocenters. The fourth-order valence-electron chi connectivity index (χ4n) is 2.86. The third-order valence-electron chi connectivity index (χ3n) is 4.01. The Bertz CT molecular complexity index is 722. The number of ether oxygens (including phenoxy) is 1. The topological polar surface area (TPSA) is 70.7 Å². The summed E-state index contributed by atoms with van der Waals surface area (Å²) >= 11 is 12.0. The molecule has 1 heterocycles. The van der Waals surface area contributed by atoms with Gasteiger partial charge in [0.05, 0.1) is 28.3 Å².